The Morgan fingerprint density at radius 1 is 1.67 bits per heavy atom. The molecule has 0 radical (unpaired) electrons. The summed E-state index contributed by atoms with van der Waals surface area (Å²) in [4.78, 5) is 12.7. The highest BCUT2D eigenvalue weighted by Gasteiger charge is 2.02. The molecular weight excluding hydrogens is 154 g/mol. The van der Waals surface area contributed by atoms with E-state index in [-0.39, 0.29) is 5.78 Å². The second kappa shape index (κ2) is 4.07. The van der Waals surface area contributed by atoms with Gasteiger partial charge < -0.3 is 4.42 Å². The first kappa shape index (κ1) is 9.00. The number of hydrogen-bond donors (Lipinski definition) is 0. The zero-order valence-electron chi connectivity index (χ0n) is 7.41. The second-order valence-corrected chi connectivity index (χ2v) is 3.01. The predicted octanol–water partition coefficient (Wildman–Crippen LogP) is 1.30. The van der Waals surface area contributed by atoms with E-state index < -0.39 is 0 Å². The van der Waals surface area contributed by atoms with Crippen molar-refractivity contribution in [2.75, 3.05) is 13.6 Å². The number of carbonyl (C=O) groups excluding carboxylic acids is 1. The van der Waals surface area contributed by atoms with Gasteiger partial charge in [-0.3, -0.25) is 9.69 Å². The minimum Gasteiger partial charge on any atom is -0.472 e. The molecule has 1 aromatic heterocycles. The average molecular weight is 167 g/mol. The molecule has 0 spiro atoms. The van der Waals surface area contributed by atoms with Crippen LogP contribution >= 0.6 is 0 Å². The summed E-state index contributed by atoms with van der Waals surface area (Å²) in [6.45, 7) is 2.84. The van der Waals surface area contributed by atoms with Crippen molar-refractivity contribution >= 4 is 5.78 Å². The first-order chi connectivity index (χ1) is 5.68. The molecule has 3 heteroatoms. The van der Waals surface area contributed by atoms with Crippen molar-refractivity contribution in [2.24, 2.45) is 0 Å². The lowest BCUT2D eigenvalue weighted by Gasteiger charge is -2.12. The average Bonchev–Trinajstić information content (AvgIpc) is 2.37. The first-order valence-electron chi connectivity index (χ1n) is 3.87. The number of rotatable bonds is 4. The summed E-state index contributed by atoms with van der Waals surface area (Å²) >= 11 is 0. The van der Waals surface area contributed by atoms with E-state index in [2.05, 4.69) is 0 Å². The van der Waals surface area contributed by atoms with Crippen molar-refractivity contribution in [3.05, 3.63) is 24.2 Å². The molecule has 0 N–H and O–H groups in total. The maximum Gasteiger partial charge on any atom is 0.143 e. The van der Waals surface area contributed by atoms with Crippen molar-refractivity contribution in [1.82, 2.24) is 4.90 Å². The van der Waals surface area contributed by atoms with E-state index in [4.69, 9.17) is 4.42 Å². The van der Waals surface area contributed by atoms with Crippen LogP contribution in [0.2, 0.25) is 0 Å². The van der Waals surface area contributed by atoms with Crippen LogP contribution < -0.4 is 0 Å². The fraction of sp³-hybridized carbons (Fsp3) is 0.444. The normalized spacial score (nSPS) is 10.6. The molecule has 0 fully saturated rings. The smallest absolute Gasteiger partial charge is 0.143 e. The Bertz CT molecular complexity index is 241. The van der Waals surface area contributed by atoms with Crippen molar-refractivity contribution in [2.45, 2.75) is 13.5 Å². The van der Waals surface area contributed by atoms with Crippen LogP contribution in [0.15, 0.2) is 23.0 Å². The Kier molecular flexibility index (Phi) is 3.05. The third kappa shape index (κ3) is 2.88. The molecule has 66 valence electrons. The molecule has 1 heterocycles. The van der Waals surface area contributed by atoms with Crippen molar-refractivity contribution in [3.8, 4) is 0 Å². The van der Waals surface area contributed by atoms with Crippen LogP contribution in [0.5, 0.6) is 0 Å². The minimum absolute atomic E-state index is 0.181. The standard InChI is InChI=1S/C9H13NO2/c1-8(11)5-10(2)6-9-3-4-12-7-9/h3-4,7H,5-6H2,1-2H3. The van der Waals surface area contributed by atoms with E-state index in [1.807, 2.05) is 18.0 Å². The molecule has 0 aliphatic rings. The van der Waals surface area contributed by atoms with Gasteiger partial charge >= 0.3 is 0 Å². The largest absolute Gasteiger partial charge is 0.472 e. The number of likely N-dealkylation sites (N-methyl/N-ethyl adjacent to an activating group) is 1. The second-order valence-electron chi connectivity index (χ2n) is 3.01. The predicted molar refractivity (Wildman–Crippen MR) is 45.7 cm³/mol. The van der Waals surface area contributed by atoms with Crippen LogP contribution in [0.3, 0.4) is 0 Å². The number of Topliss-reactive ketones (excluding diaryl/α,β-unsaturated/α-hetero) is 1. The third-order valence-corrected chi connectivity index (χ3v) is 1.53. The fourth-order valence-corrected chi connectivity index (χ4v) is 1.13. The molecule has 3 nitrogen and oxygen atoms in total. The number of hydrogen-bond acceptors (Lipinski definition) is 3. The number of nitrogens with zero attached hydrogens (tertiary/aromatic N) is 1. The van der Waals surface area contributed by atoms with Crippen LogP contribution in [0.1, 0.15) is 12.5 Å². The zero-order valence-corrected chi connectivity index (χ0v) is 7.41. The number of furan rings is 1. The molecule has 0 saturated carbocycles. The molecule has 0 bridgehead atoms. The summed E-state index contributed by atoms with van der Waals surface area (Å²) in [7, 11) is 1.91. The van der Waals surface area contributed by atoms with Gasteiger partial charge in [0.2, 0.25) is 0 Å². The molecule has 0 aromatic carbocycles. The lowest BCUT2D eigenvalue weighted by molar-refractivity contribution is -0.117. The van der Waals surface area contributed by atoms with Crippen LogP contribution in [-0.4, -0.2) is 24.3 Å². The summed E-state index contributed by atoms with van der Waals surface area (Å²) in [5.74, 6) is 0.181. The van der Waals surface area contributed by atoms with E-state index in [1.165, 1.54) is 0 Å². The van der Waals surface area contributed by atoms with Gasteiger partial charge in [-0.15, -0.1) is 0 Å². The van der Waals surface area contributed by atoms with Crippen molar-refractivity contribution in [3.63, 3.8) is 0 Å². The van der Waals surface area contributed by atoms with Gasteiger partial charge in [-0.1, -0.05) is 0 Å². The van der Waals surface area contributed by atoms with Gasteiger partial charge in [0.05, 0.1) is 19.1 Å². The molecule has 0 aliphatic heterocycles. The summed E-state index contributed by atoms with van der Waals surface area (Å²) in [6.07, 6.45) is 3.33. The molecule has 1 rings (SSSR count). The Hall–Kier alpha value is -1.09. The Balaban J connectivity index is 2.36. The van der Waals surface area contributed by atoms with E-state index in [9.17, 15) is 4.79 Å². The number of carbonyl (C=O) groups is 1. The Labute approximate surface area is 72.0 Å². The maximum absolute atomic E-state index is 10.7. The van der Waals surface area contributed by atoms with Gasteiger partial charge in [0, 0.05) is 12.1 Å². The Morgan fingerprint density at radius 3 is 2.92 bits per heavy atom. The lowest BCUT2D eigenvalue weighted by atomic mass is 10.3. The Morgan fingerprint density at radius 2 is 2.42 bits per heavy atom. The summed E-state index contributed by atoms with van der Waals surface area (Å²) in [5.41, 5.74) is 1.10. The van der Waals surface area contributed by atoms with Gasteiger partial charge in [0.15, 0.2) is 0 Å². The molecule has 0 unspecified atom stereocenters. The zero-order chi connectivity index (χ0) is 8.97. The van der Waals surface area contributed by atoms with Crippen molar-refractivity contribution < 1.29 is 9.21 Å². The highest BCUT2D eigenvalue weighted by atomic mass is 16.3. The SMILES string of the molecule is CC(=O)CN(C)Cc1ccoc1. The van der Waals surface area contributed by atoms with Gasteiger partial charge in [0.25, 0.3) is 0 Å². The molecule has 0 atom stereocenters. The highest BCUT2D eigenvalue weighted by Crippen LogP contribution is 2.02. The van der Waals surface area contributed by atoms with Gasteiger partial charge in [-0.05, 0) is 20.0 Å². The van der Waals surface area contributed by atoms with Crippen molar-refractivity contribution in [1.29, 1.82) is 0 Å². The minimum atomic E-state index is 0.181. The van der Waals surface area contributed by atoms with Gasteiger partial charge in [0.1, 0.15) is 5.78 Å². The van der Waals surface area contributed by atoms with Crippen LogP contribution in [0, 0.1) is 0 Å². The first-order valence-corrected chi connectivity index (χ1v) is 3.87. The quantitative estimate of drug-likeness (QED) is 0.677. The van der Waals surface area contributed by atoms with E-state index in [0.29, 0.717) is 6.54 Å². The monoisotopic (exact) mass is 167 g/mol. The summed E-state index contributed by atoms with van der Waals surface area (Å²) < 4.78 is 4.91. The van der Waals surface area contributed by atoms with Crippen LogP contribution in [0.25, 0.3) is 0 Å². The molecular formula is C9H13NO2. The molecule has 0 amide bonds. The highest BCUT2D eigenvalue weighted by molar-refractivity contribution is 5.77. The molecule has 0 saturated heterocycles. The van der Waals surface area contributed by atoms with Gasteiger partial charge in [-0.2, -0.15) is 0 Å². The number of ketones is 1. The molecule has 1 aromatic rings. The topological polar surface area (TPSA) is 33.5 Å². The van der Waals surface area contributed by atoms with Crippen LogP contribution in [-0.2, 0) is 11.3 Å². The van der Waals surface area contributed by atoms with E-state index in [0.717, 1.165) is 12.1 Å². The van der Waals surface area contributed by atoms with Gasteiger partial charge in [-0.25, -0.2) is 0 Å². The fourth-order valence-electron chi connectivity index (χ4n) is 1.13. The lowest BCUT2D eigenvalue weighted by Crippen LogP contribution is -2.23. The molecule has 12 heavy (non-hydrogen) atoms. The van der Waals surface area contributed by atoms with E-state index in [1.54, 1.807) is 19.5 Å². The third-order valence-electron chi connectivity index (χ3n) is 1.53. The molecule has 0 aliphatic carbocycles. The summed E-state index contributed by atoms with van der Waals surface area (Å²) in [6, 6.07) is 1.90. The van der Waals surface area contributed by atoms with E-state index >= 15 is 0 Å². The van der Waals surface area contributed by atoms with Crippen LogP contribution in [0.4, 0.5) is 0 Å². The maximum atomic E-state index is 10.7. The summed E-state index contributed by atoms with van der Waals surface area (Å²) in [5, 5.41) is 0.